The molecule has 27 heavy (non-hydrogen) atoms. The van der Waals surface area contributed by atoms with Gasteiger partial charge in [-0.05, 0) is 65.2 Å². The Bertz CT molecular complexity index is 438. The normalized spacial score (nSPS) is 13.8. The van der Waals surface area contributed by atoms with Gasteiger partial charge in [0.15, 0.2) is 0 Å². The van der Waals surface area contributed by atoms with E-state index in [0.29, 0.717) is 12.5 Å². The van der Waals surface area contributed by atoms with Crippen molar-refractivity contribution in [1.82, 2.24) is 0 Å². The second-order valence-corrected chi connectivity index (χ2v) is 8.41. The zero-order chi connectivity index (χ0) is 20.4. The van der Waals surface area contributed by atoms with Gasteiger partial charge in [0.2, 0.25) is 0 Å². The fourth-order valence-corrected chi connectivity index (χ4v) is 2.69. The second kappa shape index (κ2) is 16.8. The summed E-state index contributed by atoms with van der Waals surface area (Å²) in [5, 5.41) is 0. The highest BCUT2D eigenvalue weighted by molar-refractivity contribution is 5.75. The largest absolute Gasteiger partial charge is 0.465 e. The van der Waals surface area contributed by atoms with E-state index in [4.69, 9.17) is 4.74 Å². The molecule has 0 N–H and O–H groups in total. The van der Waals surface area contributed by atoms with Crippen molar-refractivity contribution < 1.29 is 9.53 Å². The summed E-state index contributed by atoms with van der Waals surface area (Å²) >= 11 is 0. The van der Waals surface area contributed by atoms with Crippen molar-refractivity contribution in [3.8, 4) is 0 Å². The molecule has 0 aliphatic carbocycles. The fourth-order valence-electron chi connectivity index (χ4n) is 2.69. The number of esters is 1. The molecule has 1 atom stereocenters. The Morgan fingerprint density at radius 2 is 1.44 bits per heavy atom. The van der Waals surface area contributed by atoms with E-state index in [9.17, 15) is 4.79 Å². The van der Waals surface area contributed by atoms with Crippen LogP contribution in [0.1, 0.15) is 98.8 Å². The number of ether oxygens (including phenoxy) is 1. The zero-order valence-electron chi connectivity index (χ0n) is 18.6. The predicted octanol–water partition coefficient (Wildman–Crippen LogP) is 7.80. The molecule has 0 radical (unpaired) electrons. The lowest BCUT2D eigenvalue weighted by atomic mass is 9.96. The minimum Gasteiger partial charge on any atom is -0.465 e. The number of unbranched alkanes of at least 4 members (excludes halogenated alkanes) is 4. The van der Waals surface area contributed by atoms with Crippen molar-refractivity contribution in [3.63, 3.8) is 0 Å². The third kappa shape index (κ3) is 16.6. The van der Waals surface area contributed by atoms with Crippen molar-refractivity contribution >= 4 is 5.97 Å². The van der Waals surface area contributed by atoms with Crippen LogP contribution in [0, 0.1) is 11.3 Å². The van der Waals surface area contributed by atoms with E-state index in [2.05, 4.69) is 50.3 Å². The number of allylic oxidation sites excluding steroid dienone is 6. The molecule has 2 nitrogen and oxygen atoms in total. The molecule has 2 heteroatoms. The zero-order valence-corrected chi connectivity index (χ0v) is 18.6. The molecule has 0 bridgehead atoms. The van der Waals surface area contributed by atoms with E-state index in [-0.39, 0.29) is 5.97 Å². The van der Waals surface area contributed by atoms with Gasteiger partial charge in [-0.15, -0.1) is 0 Å². The summed E-state index contributed by atoms with van der Waals surface area (Å²) in [6, 6.07) is 0. The maximum absolute atomic E-state index is 11.9. The molecule has 0 fully saturated rings. The van der Waals surface area contributed by atoms with Crippen molar-refractivity contribution in [1.29, 1.82) is 0 Å². The van der Waals surface area contributed by atoms with Crippen molar-refractivity contribution in [2.45, 2.75) is 98.8 Å². The Kier molecular flexibility index (Phi) is 16.0. The average molecular weight is 377 g/mol. The van der Waals surface area contributed by atoms with Crippen LogP contribution in [-0.4, -0.2) is 12.6 Å². The summed E-state index contributed by atoms with van der Waals surface area (Å²) in [7, 11) is 0. The Morgan fingerprint density at radius 3 is 2.04 bits per heavy atom. The van der Waals surface area contributed by atoms with Gasteiger partial charge in [-0.3, -0.25) is 4.79 Å². The van der Waals surface area contributed by atoms with E-state index >= 15 is 0 Å². The first-order valence-corrected chi connectivity index (χ1v) is 11.0. The molecule has 0 saturated carbocycles. The molecule has 0 aromatic rings. The molecule has 0 aliphatic heterocycles. The van der Waals surface area contributed by atoms with Crippen molar-refractivity contribution in [2.24, 2.45) is 11.3 Å². The SMILES string of the molecule is CC/C=C\C/C=C\C/C=C\CCCCCCC(CC)COC(=O)C(C)(C)C. The van der Waals surface area contributed by atoms with Crippen LogP contribution < -0.4 is 0 Å². The molecular weight excluding hydrogens is 332 g/mol. The molecule has 0 heterocycles. The van der Waals surface area contributed by atoms with Crippen LogP contribution in [0.15, 0.2) is 36.5 Å². The van der Waals surface area contributed by atoms with Gasteiger partial charge in [0, 0.05) is 0 Å². The van der Waals surface area contributed by atoms with Crippen molar-refractivity contribution in [2.75, 3.05) is 6.61 Å². The van der Waals surface area contributed by atoms with E-state index in [1.807, 2.05) is 20.8 Å². The van der Waals surface area contributed by atoms with Gasteiger partial charge < -0.3 is 4.74 Å². The topological polar surface area (TPSA) is 26.3 Å². The predicted molar refractivity (Wildman–Crippen MR) is 119 cm³/mol. The number of hydrogen-bond acceptors (Lipinski definition) is 2. The van der Waals surface area contributed by atoms with Crippen LogP contribution in [0.5, 0.6) is 0 Å². The van der Waals surface area contributed by atoms with Crippen LogP contribution in [-0.2, 0) is 9.53 Å². The van der Waals surface area contributed by atoms with Crippen molar-refractivity contribution in [3.05, 3.63) is 36.5 Å². The average Bonchev–Trinajstić information content (AvgIpc) is 2.63. The summed E-state index contributed by atoms with van der Waals surface area (Å²) in [4.78, 5) is 11.9. The highest BCUT2D eigenvalue weighted by Gasteiger charge is 2.23. The van der Waals surface area contributed by atoms with E-state index in [0.717, 1.165) is 25.7 Å². The standard InChI is InChI=1S/C25H44O2/c1-6-8-9-10-11-12-13-14-15-16-17-18-19-20-21-23(7-2)22-27-24(26)25(3,4)5/h8-9,11-12,14-15,23H,6-7,10,13,16-22H2,1-5H3/b9-8-,12-11-,15-14-. The smallest absolute Gasteiger partial charge is 0.311 e. The summed E-state index contributed by atoms with van der Waals surface area (Å²) in [5.74, 6) is 0.426. The minimum absolute atomic E-state index is 0.0833. The van der Waals surface area contributed by atoms with Crippen LogP contribution in [0.25, 0.3) is 0 Å². The molecule has 0 aromatic heterocycles. The Hall–Kier alpha value is -1.31. The van der Waals surface area contributed by atoms with Gasteiger partial charge in [-0.25, -0.2) is 0 Å². The van der Waals surface area contributed by atoms with Crippen LogP contribution in [0.4, 0.5) is 0 Å². The monoisotopic (exact) mass is 376 g/mol. The summed E-state index contributed by atoms with van der Waals surface area (Å²) in [6.07, 6.45) is 25.2. The second-order valence-electron chi connectivity index (χ2n) is 8.41. The molecule has 0 aliphatic rings. The van der Waals surface area contributed by atoms with Crippen LogP contribution in [0.3, 0.4) is 0 Å². The molecule has 0 saturated heterocycles. The van der Waals surface area contributed by atoms with E-state index in [1.165, 1.54) is 38.5 Å². The number of hydrogen-bond donors (Lipinski definition) is 0. The lowest BCUT2D eigenvalue weighted by Gasteiger charge is -2.20. The van der Waals surface area contributed by atoms with E-state index < -0.39 is 5.41 Å². The first-order chi connectivity index (χ1) is 12.9. The van der Waals surface area contributed by atoms with Gasteiger partial charge in [-0.2, -0.15) is 0 Å². The maximum Gasteiger partial charge on any atom is 0.311 e. The van der Waals surface area contributed by atoms with Crippen LogP contribution in [0.2, 0.25) is 0 Å². The summed E-state index contributed by atoms with van der Waals surface area (Å²) < 4.78 is 5.47. The highest BCUT2D eigenvalue weighted by atomic mass is 16.5. The number of carbonyl (C=O) groups is 1. The molecule has 0 rings (SSSR count). The van der Waals surface area contributed by atoms with Gasteiger partial charge >= 0.3 is 5.97 Å². The first kappa shape index (κ1) is 25.7. The fraction of sp³-hybridized carbons (Fsp3) is 0.720. The Balaban J connectivity index is 3.62. The van der Waals surface area contributed by atoms with E-state index in [1.54, 1.807) is 0 Å². The maximum atomic E-state index is 11.9. The lowest BCUT2D eigenvalue weighted by Crippen LogP contribution is -2.25. The highest BCUT2D eigenvalue weighted by Crippen LogP contribution is 2.19. The molecule has 0 spiro atoms. The summed E-state index contributed by atoms with van der Waals surface area (Å²) in [5.41, 5.74) is -0.395. The van der Waals surface area contributed by atoms with Gasteiger partial charge in [-0.1, -0.05) is 76.0 Å². The molecule has 0 aromatic carbocycles. The van der Waals surface area contributed by atoms with Gasteiger partial charge in [0.05, 0.1) is 12.0 Å². The third-order valence-electron chi connectivity index (χ3n) is 4.65. The Morgan fingerprint density at radius 1 is 0.852 bits per heavy atom. The minimum atomic E-state index is -0.395. The molecule has 1 unspecified atom stereocenters. The van der Waals surface area contributed by atoms with Gasteiger partial charge in [0.1, 0.15) is 0 Å². The molecular formula is C25H44O2. The third-order valence-corrected chi connectivity index (χ3v) is 4.65. The molecule has 156 valence electrons. The van der Waals surface area contributed by atoms with Crippen LogP contribution >= 0.6 is 0 Å². The summed E-state index contributed by atoms with van der Waals surface area (Å²) in [6.45, 7) is 10.7. The lowest BCUT2D eigenvalue weighted by molar-refractivity contribution is -0.154. The first-order valence-electron chi connectivity index (χ1n) is 11.0. The number of carbonyl (C=O) groups excluding carboxylic acids is 1. The van der Waals surface area contributed by atoms with Gasteiger partial charge in [0.25, 0.3) is 0 Å². The molecule has 0 amide bonds. The quantitative estimate of drug-likeness (QED) is 0.165. The Labute approximate surface area is 169 Å². The number of rotatable bonds is 15.